The summed E-state index contributed by atoms with van der Waals surface area (Å²) < 4.78 is 6.10. The van der Waals surface area contributed by atoms with Crippen LogP contribution in [0.3, 0.4) is 0 Å². The zero-order valence-electron chi connectivity index (χ0n) is 15.8. The molecule has 2 N–H and O–H groups in total. The van der Waals surface area contributed by atoms with E-state index in [1.165, 1.54) is 10.9 Å². The summed E-state index contributed by atoms with van der Waals surface area (Å²) in [4.78, 5) is 11.0. The quantitative estimate of drug-likeness (QED) is 0.608. The van der Waals surface area contributed by atoms with Crippen LogP contribution in [0, 0.1) is 5.92 Å². The normalized spacial score (nSPS) is 19.4. The number of benzene rings is 3. The van der Waals surface area contributed by atoms with E-state index in [1.807, 2.05) is 36.4 Å². The number of fused-ring (bicyclic) bond motifs is 1. The fourth-order valence-electron chi connectivity index (χ4n) is 3.89. The molecule has 0 amide bonds. The number of hydrogen-bond donors (Lipinski definition) is 2. The predicted octanol–water partition coefficient (Wildman–Crippen LogP) is 5.37. The second kappa shape index (κ2) is 8.44. The van der Waals surface area contributed by atoms with Crippen molar-refractivity contribution in [1.82, 2.24) is 5.32 Å². The van der Waals surface area contributed by atoms with Crippen molar-refractivity contribution in [2.45, 2.75) is 38.3 Å². The van der Waals surface area contributed by atoms with Crippen molar-refractivity contribution in [3.63, 3.8) is 0 Å². The van der Waals surface area contributed by atoms with Crippen LogP contribution >= 0.6 is 0 Å². The first kappa shape index (κ1) is 18.5. The molecule has 3 aromatic rings. The van der Waals surface area contributed by atoms with Crippen LogP contribution in [0.15, 0.2) is 66.7 Å². The molecular formula is C24H25NO3. The van der Waals surface area contributed by atoms with Gasteiger partial charge in [-0.15, -0.1) is 0 Å². The van der Waals surface area contributed by atoms with Crippen molar-refractivity contribution in [1.29, 1.82) is 0 Å². The first-order chi connectivity index (χ1) is 13.7. The lowest BCUT2D eigenvalue weighted by molar-refractivity contribution is -0.142. The van der Waals surface area contributed by atoms with E-state index in [0.717, 1.165) is 49.1 Å². The van der Waals surface area contributed by atoms with Crippen LogP contribution in [-0.2, 0) is 11.3 Å². The van der Waals surface area contributed by atoms with E-state index in [1.54, 1.807) is 0 Å². The molecule has 0 unspecified atom stereocenters. The van der Waals surface area contributed by atoms with Crippen LogP contribution in [0.4, 0.5) is 0 Å². The lowest BCUT2D eigenvalue weighted by Gasteiger charge is -2.27. The van der Waals surface area contributed by atoms with E-state index in [9.17, 15) is 4.79 Å². The Morgan fingerprint density at radius 1 is 0.929 bits per heavy atom. The number of rotatable bonds is 6. The molecule has 144 valence electrons. The van der Waals surface area contributed by atoms with Crippen LogP contribution in [0.2, 0.25) is 0 Å². The number of nitrogens with one attached hydrogen (secondary N) is 1. The molecule has 28 heavy (non-hydrogen) atoms. The van der Waals surface area contributed by atoms with Gasteiger partial charge in [0, 0.05) is 18.0 Å². The minimum absolute atomic E-state index is 0.163. The van der Waals surface area contributed by atoms with Crippen LogP contribution in [0.5, 0.6) is 11.5 Å². The minimum Gasteiger partial charge on any atom is -0.481 e. The van der Waals surface area contributed by atoms with Gasteiger partial charge in [0.15, 0.2) is 0 Å². The van der Waals surface area contributed by atoms with E-state index < -0.39 is 5.97 Å². The average molecular weight is 375 g/mol. The zero-order valence-corrected chi connectivity index (χ0v) is 15.8. The predicted molar refractivity (Wildman–Crippen MR) is 111 cm³/mol. The molecule has 0 bridgehead atoms. The molecule has 0 spiro atoms. The first-order valence-electron chi connectivity index (χ1n) is 9.90. The molecule has 4 rings (SSSR count). The molecule has 0 atom stereocenters. The standard InChI is InChI=1S/C24H25NO3/c26-24(27)19-10-12-20(13-11-19)25-16-17-8-14-21(15-9-17)28-23-7-3-5-18-4-1-2-6-22(18)23/h1-9,14-15,19-20,25H,10-13,16H2,(H,26,27). The molecule has 0 saturated heterocycles. The number of aliphatic carboxylic acids is 1. The van der Waals surface area contributed by atoms with Crippen molar-refractivity contribution < 1.29 is 14.6 Å². The summed E-state index contributed by atoms with van der Waals surface area (Å²) >= 11 is 0. The third-order valence-electron chi connectivity index (χ3n) is 5.57. The summed E-state index contributed by atoms with van der Waals surface area (Å²) in [7, 11) is 0. The molecule has 1 fully saturated rings. The number of carboxylic acids is 1. The highest BCUT2D eigenvalue weighted by Crippen LogP contribution is 2.30. The molecule has 0 radical (unpaired) electrons. The maximum Gasteiger partial charge on any atom is 0.306 e. The van der Waals surface area contributed by atoms with Gasteiger partial charge >= 0.3 is 5.97 Å². The Labute approximate surface area is 165 Å². The SMILES string of the molecule is O=C(O)C1CCC(NCc2ccc(Oc3cccc4ccccc34)cc2)CC1. The van der Waals surface area contributed by atoms with Crippen molar-refractivity contribution >= 4 is 16.7 Å². The molecule has 4 heteroatoms. The van der Waals surface area contributed by atoms with Gasteiger partial charge in [-0.3, -0.25) is 4.79 Å². The number of ether oxygens (including phenoxy) is 1. The number of carbonyl (C=O) groups is 1. The Morgan fingerprint density at radius 2 is 1.64 bits per heavy atom. The number of hydrogen-bond acceptors (Lipinski definition) is 3. The topological polar surface area (TPSA) is 58.6 Å². The molecule has 4 nitrogen and oxygen atoms in total. The molecule has 0 aliphatic heterocycles. The maximum absolute atomic E-state index is 11.0. The molecule has 1 aliphatic rings. The van der Waals surface area contributed by atoms with E-state index >= 15 is 0 Å². The van der Waals surface area contributed by atoms with Crippen molar-refractivity contribution in [2.75, 3.05) is 0 Å². The Hall–Kier alpha value is -2.85. The van der Waals surface area contributed by atoms with Crippen molar-refractivity contribution in [2.24, 2.45) is 5.92 Å². The van der Waals surface area contributed by atoms with Gasteiger partial charge in [0.1, 0.15) is 11.5 Å². The van der Waals surface area contributed by atoms with Crippen LogP contribution in [0.25, 0.3) is 10.8 Å². The summed E-state index contributed by atoms with van der Waals surface area (Å²) in [5.41, 5.74) is 1.20. The second-order valence-electron chi connectivity index (χ2n) is 7.49. The Bertz CT molecular complexity index is 938. The van der Waals surface area contributed by atoms with E-state index in [2.05, 4.69) is 35.6 Å². The van der Waals surface area contributed by atoms with E-state index in [-0.39, 0.29) is 5.92 Å². The molecule has 0 heterocycles. The van der Waals surface area contributed by atoms with Gasteiger partial charge in [0.2, 0.25) is 0 Å². The second-order valence-corrected chi connectivity index (χ2v) is 7.49. The fraction of sp³-hybridized carbons (Fsp3) is 0.292. The summed E-state index contributed by atoms with van der Waals surface area (Å²) in [5.74, 6) is 0.866. The van der Waals surface area contributed by atoms with E-state index in [4.69, 9.17) is 9.84 Å². The van der Waals surface area contributed by atoms with Crippen LogP contribution in [-0.4, -0.2) is 17.1 Å². The monoisotopic (exact) mass is 375 g/mol. The van der Waals surface area contributed by atoms with Crippen molar-refractivity contribution in [3.8, 4) is 11.5 Å². The van der Waals surface area contributed by atoms with Gasteiger partial charge in [0.05, 0.1) is 5.92 Å². The number of carboxylic acid groups (broad SMARTS) is 1. The van der Waals surface area contributed by atoms with Gasteiger partial charge in [-0.05, 0) is 54.8 Å². The Balaban J connectivity index is 1.33. The summed E-state index contributed by atoms with van der Waals surface area (Å²) in [6.45, 7) is 0.789. The Morgan fingerprint density at radius 3 is 2.39 bits per heavy atom. The summed E-state index contributed by atoms with van der Waals surface area (Å²) in [5, 5.41) is 14.9. The van der Waals surface area contributed by atoms with E-state index in [0.29, 0.717) is 6.04 Å². The molecule has 3 aromatic carbocycles. The van der Waals surface area contributed by atoms with Gasteiger partial charge in [-0.2, -0.15) is 0 Å². The Kier molecular flexibility index (Phi) is 5.58. The molecule has 1 aliphatic carbocycles. The molecule has 0 aromatic heterocycles. The van der Waals surface area contributed by atoms with Gasteiger partial charge in [-0.1, -0.05) is 48.5 Å². The van der Waals surface area contributed by atoms with Gasteiger partial charge < -0.3 is 15.2 Å². The smallest absolute Gasteiger partial charge is 0.306 e. The highest BCUT2D eigenvalue weighted by Gasteiger charge is 2.25. The zero-order chi connectivity index (χ0) is 19.3. The fourth-order valence-corrected chi connectivity index (χ4v) is 3.89. The van der Waals surface area contributed by atoms with Gasteiger partial charge in [0.25, 0.3) is 0 Å². The summed E-state index contributed by atoms with van der Waals surface area (Å²) in [6, 6.07) is 22.9. The summed E-state index contributed by atoms with van der Waals surface area (Å²) in [6.07, 6.45) is 3.40. The largest absolute Gasteiger partial charge is 0.481 e. The highest BCUT2D eigenvalue weighted by molar-refractivity contribution is 5.88. The van der Waals surface area contributed by atoms with Crippen LogP contribution < -0.4 is 10.1 Å². The third kappa shape index (κ3) is 4.34. The van der Waals surface area contributed by atoms with Crippen molar-refractivity contribution in [3.05, 3.63) is 72.3 Å². The average Bonchev–Trinajstić information content (AvgIpc) is 2.74. The molecule has 1 saturated carbocycles. The minimum atomic E-state index is -0.653. The maximum atomic E-state index is 11.0. The lowest BCUT2D eigenvalue weighted by atomic mass is 9.86. The van der Waals surface area contributed by atoms with Crippen LogP contribution in [0.1, 0.15) is 31.2 Å². The highest BCUT2D eigenvalue weighted by atomic mass is 16.5. The molecular weight excluding hydrogens is 350 g/mol. The lowest BCUT2D eigenvalue weighted by Crippen LogP contribution is -2.34. The first-order valence-corrected chi connectivity index (χ1v) is 9.90. The van der Waals surface area contributed by atoms with Gasteiger partial charge in [-0.25, -0.2) is 0 Å². The third-order valence-corrected chi connectivity index (χ3v) is 5.57.